The monoisotopic (exact) mass is 1050 g/mol. The molecule has 0 amide bonds. The number of rotatable bonds is 11. The smallest absolute Gasteiger partial charge is 0.143 e. The van der Waals surface area contributed by atoms with Crippen molar-refractivity contribution in [3.8, 4) is 73.3 Å². The van der Waals surface area contributed by atoms with Crippen molar-refractivity contribution in [2.24, 2.45) is 0 Å². The first-order valence-corrected chi connectivity index (χ1v) is 26.4. The van der Waals surface area contributed by atoms with Gasteiger partial charge in [-0.3, -0.25) is 4.57 Å². The molecule has 3 heterocycles. The Morgan fingerprint density at radius 2 is 0.975 bits per heavy atom. The first kappa shape index (κ1) is 35.7. The summed E-state index contributed by atoms with van der Waals surface area (Å²) in [5.74, 6) is 2.08. The molecule has 0 spiro atoms. The van der Waals surface area contributed by atoms with Crippen LogP contribution in [0.2, 0.25) is 0 Å². The predicted octanol–water partition coefficient (Wildman–Crippen LogP) is 20.3. The van der Waals surface area contributed by atoms with Gasteiger partial charge in [-0.15, -0.1) is 0 Å². The maximum atomic E-state index is 9.24. The van der Waals surface area contributed by atoms with E-state index >= 15 is 0 Å². The van der Waals surface area contributed by atoms with Crippen LogP contribution >= 0.6 is 0 Å². The summed E-state index contributed by atoms with van der Waals surface area (Å²) in [6, 6.07) is 41.7. The van der Waals surface area contributed by atoms with Gasteiger partial charge < -0.3 is 19.3 Å². The van der Waals surface area contributed by atoms with Crippen LogP contribution in [0.3, 0.4) is 0 Å². The van der Waals surface area contributed by atoms with Crippen molar-refractivity contribution in [1.29, 1.82) is 0 Å². The van der Waals surface area contributed by atoms with E-state index in [1.165, 1.54) is 0 Å². The lowest BCUT2D eigenvalue weighted by molar-refractivity contribution is 0.483. The zero-order chi connectivity index (χ0) is 67.6. The van der Waals surface area contributed by atoms with Crippen molar-refractivity contribution >= 4 is 44.6 Å². The van der Waals surface area contributed by atoms with Gasteiger partial charge in [0, 0.05) is 63.1 Å². The van der Waals surface area contributed by atoms with E-state index in [0.29, 0.717) is 57.0 Å². The van der Waals surface area contributed by atoms with E-state index in [-0.39, 0.29) is 57.7 Å². The lowest BCUT2D eigenvalue weighted by Crippen LogP contribution is -2.24. The number of ether oxygens (including phenoxy) is 2. The molecule has 80 heavy (non-hydrogen) atoms. The van der Waals surface area contributed by atoms with E-state index in [2.05, 4.69) is 53.7 Å². The quantitative estimate of drug-likeness (QED) is 0.129. The molecule has 390 valence electrons. The number of nitrogens with zero attached hydrogens (tertiary/aromatic N) is 4. The molecule has 2 aromatic heterocycles. The number of anilines is 4. The Labute approximate surface area is 490 Å². The first-order valence-electron chi connectivity index (χ1n) is 33.9. The maximum absolute atomic E-state index is 9.24. The first-order chi connectivity index (χ1) is 45.1. The van der Waals surface area contributed by atoms with Crippen molar-refractivity contribution < 1.29 is 30.0 Å². The third-order valence-electron chi connectivity index (χ3n) is 14.6. The Hall–Kier alpha value is -9.65. The van der Waals surface area contributed by atoms with Gasteiger partial charge in [0.15, 0.2) is 0 Å². The van der Waals surface area contributed by atoms with Crippen molar-refractivity contribution in [1.82, 2.24) is 9.55 Å². The largest absolute Gasteiger partial charge is 0.457 e. The maximum Gasteiger partial charge on any atom is 0.143 e. The summed E-state index contributed by atoms with van der Waals surface area (Å²) in [4.78, 5) is 8.81. The molecular weight excluding hydrogens is 977 g/mol. The highest BCUT2D eigenvalue weighted by Gasteiger charge is 2.32. The second kappa shape index (κ2) is 20.3. The Balaban J connectivity index is 0.900. The zero-order valence-corrected chi connectivity index (χ0v) is 44.9. The summed E-state index contributed by atoms with van der Waals surface area (Å²) in [7, 11) is 0. The molecule has 6 heteroatoms. The Bertz CT molecular complexity index is 5000. The van der Waals surface area contributed by atoms with Crippen molar-refractivity contribution in [3.63, 3.8) is 0 Å². The highest BCUT2D eigenvalue weighted by Crippen LogP contribution is 2.51. The van der Waals surface area contributed by atoms with Crippen molar-refractivity contribution in [3.05, 3.63) is 266 Å². The molecule has 0 atom stereocenters. The predicted molar refractivity (Wildman–Crippen MR) is 333 cm³/mol. The van der Waals surface area contributed by atoms with E-state index in [4.69, 9.17) is 32.3 Å². The summed E-state index contributed by atoms with van der Waals surface area (Å²) in [5.41, 5.74) is 7.12. The fourth-order valence-electron chi connectivity index (χ4n) is 10.6. The molecule has 1 aliphatic rings. The number of fused-ring (bicyclic) bond motifs is 4. The molecule has 13 rings (SSSR count). The summed E-state index contributed by atoms with van der Waals surface area (Å²) in [5, 5.41) is 1.84. The third kappa shape index (κ3) is 9.43. The minimum Gasteiger partial charge on any atom is -0.457 e. The Kier molecular flexibility index (Phi) is 9.06. The van der Waals surface area contributed by atoms with E-state index in [1.807, 2.05) is 136 Å². The van der Waals surface area contributed by atoms with Crippen LogP contribution in [0.5, 0.6) is 23.0 Å². The van der Waals surface area contributed by atoms with Crippen molar-refractivity contribution in [2.75, 3.05) is 16.5 Å². The van der Waals surface area contributed by atoms with Crippen LogP contribution in [0.4, 0.5) is 22.7 Å². The average Bonchev–Trinajstić information content (AvgIpc) is 1.41. The van der Waals surface area contributed by atoms with Crippen molar-refractivity contribution in [2.45, 2.75) is 52.4 Å². The van der Waals surface area contributed by atoms with Crippen LogP contribution in [-0.4, -0.2) is 16.2 Å². The molecular formula is C74H62N4O2. The lowest BCUT2D eigenvalue weighted by atomic mass is 9.82. The normalized spacial score (nSPS) is 15.2. The number of hydrogen-bond acceptors (Lipinski definition) is 5. The molecule has 6 nitrogen and oxygen atoms in total. The fourth-order valence-corrected chi connectivity index (χ4v) is 10.6. The van der Waals surface area contributed by atoms with Gasteiger partial charge in [-0.05, 0) is 105 Å². The van der Waals surface area contributed by atoms with Gasteiger partial charge in [-0.1, -0.05) is 211 Å². The molecule has 12 aromatic rings. The zero-order valence-electron chi connectivity index (χ0n) is 59.9. The molecule has 0 saturated carbocycles. The van der Waals surface area contributed by atoms with E-state index < -0.39 is 84.0 Å². The SMILES string of the molecule is [2H]c1c([2H])c([2H])c(-c2cc(C(C)(C)C)cc(-c3ccc(C(C)(C)C)cc3)c2Oc2ccnc(-n3c4ccccc4c4ccc(Oc5cccc(N6CN(c7c(-c8c([2H])c([2H])c([2H])c([2H])c8[2H])cccc7-c7c([2H])c([2H])c([2H])c([2H])c7[2H])c7ccccc76)c5)cc43)c2)c([2H])c1[2H]. The summed E-state index contributed by atoms with van der Waals surface area (Å²) in [6.07, 6.45) is 1.64. The van der Waals surface area contributed by atoms with Gasteiger partial charge in [0.1, 0.15) is 35.5 Å². The van der Waals surface area contributed by atoms with Crippen LogP contribution in [0, 0.1) is 0 Å². The fraction of sp³-hybridized carbons (Fsp3) is 0.122. The molecule has 0 bridgehead atoms. The topological polar surface area (TPSA) is 42.8 Å². The van der Waals surface area contributed by atoms with Crippen LogP contribution in [0.1, 0.15) is 73.2 Å². The van der Waals surface area contributed by atoms with Crippen LogP contribution < -0.4 is 19.3 Å². The van der Waals surface area contributed by atoms with Crippen LogP contribution in [-0.2, 0) is 10.8 Å². The molecule has 0 fully saturated rings. The van der Waals surface area contributed by atoms with Gasteiger partial charge in [0.2, 0.25) is 0 Å². The Morgan fingerprint density at radius 3 is 1.62 bits per heavy atom. The number of pyridine rings is 1. The summed E-state index contributed by atoms with van der Waals surface area (Å²) in [6.45, 7) is 12.7. The summed E-state index contributed by atoms with van der Waals surface area (Å²) >= 11 is 0. The minimum absolute atomic E-state index is 0.00636. The number of hydrogen-bond donors (Lipinski definition) is 0. The third-order valence-corrected chi connectivity index (χ3v) is 14.6. The highest BCUT2D eigenvalue weighted by atomic mass is 16.5. The molecule has 10 aromatic carbocycles. The standard InChI is InChI=1S/C74H62N4O2/c1-73(2,3)54-38-36-53(37-39-54)65-45-55(74(4,5)6)44-64(52-26-14-9-15-27-52)72(65)80-59-42-43-75-70(48-59)78-66-33-17-16-30-62(66)63-41-40-58(47-69(63)78)79-57-29-20-28-56(46-57)76-49-77(68-35-19-18-34-67(68)76)71-60(50-22-10-7-11-23-50)31-21-32-61(71)51-24-12-8-13-25-51/h7-48H,49H2,1-6H3/i7D,8D,9D,10D,11D,12D,13D,14D,15D,22D,23D,24D,25D,26D,27D. The number of benzene rings is 10. The van der Waals surface area contributed by atoms with Crippen LogP contribution in [0.15, 0.2) is 255 Å². The molecule has 1 aliphatic heterocycles. The van der Waals surface area contributed by atoms with Crippen LogP contribution in [0.25, 0.3) is 72.1 Å². The number of aromatic nitrogens is 2. The highest BCUT2D eigenvalue weighted by molar-refractivity contribution is 6.09. The number of para-hydroxylation sites is 4. The van der Waals surface area contributed by atoms with Gasteiger partial charge in [0.05, 0.1) is 48.7 Å². The molecule has 0 unspecified atom stereocenters. The van der Waals surface area contributed by atoms with Gasteiger partial charge in [-0.25, -0.2) is 4.98 Å². The van der Waals surface area contributed by atoms with E-state index in [0.717, 1.165) is 38.5 Å². The second-order valence-electron chi connectivity index (χ2n) is 21.7. The summed E-state index contributed by atoms with van der Waals surface area (Å²) < 4.78 is 148. The van der Waals surface area contributed by atoms with E-state index in [9.17, 15) is 2.74 Å². The molecule has 0 N–H and O–H groups in total. The van der Waals surface area contributed by atoms with E-state index in [1.54, 1.807) is 30.5 Å². The van der Waals surface area contributed by atoms with Gasteiger partial charge in [-0.2, -0.15) is 0 Å². The molecule has 0 radical (unpaired) electrons. The Morgan fingerprint density at radius 1 is 0.425 bits per heavy atom. The average molecular weight is 1050 g/mol. The second-order valence-corrected chi connectivity index (χ2v) is 21.7. The minimum atomic E-state index is -0.580. The lowest BCUT2D eigenvalue weighted by Gasteiger charge is -2.27. The molecule has 0 aliphatic carbocycles. The van der Waals surface area contributed by atoms with Gasteiger partial charge >= 0.3 is 0 Å². The van der Waals surface area contributed by atoms with Gasteiger partial charge in [0.25, 0.3) is 0 Å². The molecule has 0 saturated heterocycles.